The summed E-state index contributed by atoms with van der Waals surface area (Å²) in [7, 11) is 0. The normalized spacial score (nSPS) is 20.8. The number of carbonyl (C=O) groups excluding carboxylic acids is 2. The van der Waals surface area contributed by atoms with Crippen LogP contribution in [-0.4, -0.2) is 26.2 Å². The van der Waals surface area contributed by atoms with Crippen LogP contribution in [0.2, 0.25) is 0 Å². The molecule has 1 N–H and O–H groups in total. The van der Waals surface area contributed by atoms with E-state index in [1.807, 2.05) is 0 Å². The first-order valence-electron chi connectivity index (χ1n) is 7.13. The van der Waals surface area contributed by atoms with Crippen LogP contribution in [0.1, 0.15) is 18.4 Å². The Morgan fingerprint density at radius 2 is 2.21 bits per heavy atom. The monoisotopic (exact) mass is 344 g/mol. The molecule has 4 heterocycles. The fraction of sp³-hybridized carbons (Fsp3) is 0.200. The minimum Gasteiger partial charge on any atom is -0.466 e. The molecule has 1 atom stereocenters. The maximum Gasteiger partial charge on any atom is 0.325 e. The number of urea groups is 1. The Kier molecular flexibility index (Phi) is 3.07. The van der Waals surface area contributed by atoms with Gasteiger partial charge in [0.25, 0.3) is 11.5 Å². The zero-order chi connectivity index (χ0) is 16.9. The third-order valence-corrected chi connectivity index (χ3v) is 4.72. The highest BCUT2D eigenvalue weighted by molar-refractivity contribution is 7.15. The van der Waals surface area contributed by atoms with Gasteiger partial charge in [0.2, 0.25) is 0 Å². The lowest BCUT2D eigenvalue weighted by atomic mass is 9.99. The molecule has 3 aromatic heterocycles. The molecular weight excluding hydrogens is 332 g/mol. The molecule has 122 valence electrons. The van der Waals surface area contributed by atoms with E-state index in [0.717, 1.165) is 4.90 Å². The summed E-state index contributed by atoms with van der Waals surface area (Å²) in [5, 5.41) is 4.38. The van der Waals surface area contributed by atoms with Crippen LogP contribution in [0.3, 0.4) is 0 Å². The van der Waals surface area contributed by atoms with Gasteiger partial charge in [0.1, 0.15) is 5.76 Å². The number of amides is 3. The second-order valence-electron chi connectivity index (χ2n) is 5.57. The van der Waals surface area contributed by atoms with E-state index in [1.54, 1.807) is 30.6 Å². The number of hydrogen-bond donors (Lipinski definition) is 1. The van der Waals surface area contributed by atoms with Gasteiger partial charge >= 0.3 is 6.03 Å². The maximum atomic E-state index is 12.7. The van der Waals surface area contributed by atoms with Crippen LogP contribution in [0.4, 0.5) is 4.79 Å². The zero-order valence-corrected chi connectivity index (χ0v) is 13.4. The van der Waals surface area contributed by atoms with Gasteiger partial charge in [-0.15, -0.1) is 11.3 Å². The average Bonchev–Trinajstić information content (AvgIpc) is 3.25. The number of imide groups is 1. The van der Waals surface area contributed by atoms with Crippen LogP contribution in [0, 0.1) is 0 Å². The summed E-state index contributed by atoms with van der Waals surface area (Å²) in [6.45, 7) is 1.50. The van der Waals surface area contributed by atoms with Crippen LogP contribution in [0.25, 0.3) is 4.96 Å². The number of fused-ring (bicyclic) bond motifs is 1. The summed E-state index contributed by atoms with van der Waals surface area (Å²) >= 11 is 1.31. The van der Waals surface area contributed by atoms with E-state index in [0.29, 0.717) is 16.4 Å². The Morgan fingerprint density at radius 1 is 1.38 bits per heavy atom. The SMILES string of the molecule is C[C@@]1(c2ccco2)NC(=O)N(Cc2cc(=O)n3ccsc3n2)C1=O. The number of thiazole rings is 1. The predicted molar refractivity (Wildman–Crippen MR) is 84.5 cm³/mol. The molecule has 1 fully saturated rings. The molecule has 0 radical (unpaired) electrons. The average molecular weight is 344 g/mol. The van der Waals surface area contributed by atoms with E-state index >= 15 is 0 Å². The lowest BCUT2D eigenvalue weighted by molar-refractivity contribution is -0.132. The van der Waals surface area contributed by atoms with Gasteiger partial charge in [-0.05, 0) is 19.1 Å². The lowest BCUT2D eigenvalue weighted by Gasteiger charge is -2.18. The number of furan rings is 1. The van der Waals surface area contributed by atoms with Gasteiger partial charge in [0.15, 0.2) is 10.5 Å². The van der Waals surface area contributed by atoms with Crippen molar-refractivity contribution in [3.8, 4) is 0 Å². The van der Waals surface area contributed by atoms with Crippen molar-refractivity contribution in [3.63, 3.8) is 0 Å². The standard InChI is InChI=1S/C15H12N4O4S/c1-15(10-3-2-5-23-10)12(21)19(13(22)17-15)8-9-7-11(20)18-4-6-24-14(18)16-9/h2-7H,8H2,1H3,(H,17,22)/t15-/m0/s1. The summed E-state index contributed by atoms with van der Waals surface area (Å²) in [5.41, 5.74) is -1.16. The Labute approximate surface area is 139 Å². The molecule has 8 nitrogen and oxygen atoms in total. The summed E-state index contributed by atoms with van der Waals surface area (Å²) in [6, 6.07) is 4.05. The smallest absolute Gasteiger partial charge is 0.325 e. The molecule has 1 saturated heterocycles. The summed E-state index contributed by atoms with van der Waals surface area (Å²) in [6.07, 6.45) is 3.07. The Balaban J connectivity index is 1.68. The first kappa shape index (κ1) is 14.6. The zero-order valence-electron chi connectivity index (χ0n) is 12.6. The van der Waals surface area contributed by atoms with Crippen molar-refractivity contribution < 1.29 is 14.0 Å². The van der Waals surface area contributed by atoms with Gasteiger partial charge < -0.3 is 9.73 Å². The van der Waals surface area contributed by atoms with Gasteiger partial charge in [-0.1, -0.05) is 0 Å². The molecule has 0 spiro atoms. The summed E-state index contributed by atoms with van der Waals surface area (Å²) < 4.78 is 6.68. The van der Waals surface area contributed by atoms with Crippen molar-refractivity contribution in [2.24, 2.45) is 0 Å². The van der Waals surface area contributed by atoms with Crippen LogP contribution < -0.4 is 10.9 Å². The Morgan fingerprint density at radius 3 is 2.96 bits per heavy atom. The Bertz CT molecular complexity index is 1010. The van der Waals surface area contributed by atoms with Gasteiger partial charge in [-0.2, -0.15) is 0 Å². The van der Waals surface area contributed by atoms with Crippen molar-refractivity contribution in [3.05, 3.63) is 57.8 Å². The molecule has 24 heavy (non-hydrogen) atoms. The molecule has 3 amide bonds. The maximum absolute atomic E-state index is 12.7. The Hall–Kier alpha value is -2.94. The third-order valence-electron chi connectivity index (χ3n) is 3.97. The van der Waals surface area contributed by atoms with E-state index in [4.69, 9.17) is 4.42 Å². The number of aromatic nitrogens is 2. The minimum absolute atomic E-state index is 0.0788. The van der Waals surface area contributed by atoms with Crippen LogP contribution in [-0.2, 0) is 16.9 Å². The van der Waals surface area contributed by atoms with Crippen molar-refractivity contribution in [1.82, 2.24) is 19.6 Å². The van der Waals surface area contributed by atoms with Crippen molar-refractivity contribution in [2.75, 3.05) is 0 Å². The van der Waals surface area contributed by atoms with Gasteiger partial charge in [0.05, 0.1) is 18.5 Å². The molecule has 4 rings (SSSR count). The quantitative estimate of drug-likeness (QED) is 0.723. The van der Waals surface area contributed by atoms with Crippen molar-refractivity contribution >= 4 is 28.2 Å². The van der Waals surface area contributed by atoms with E-state index in [9.17, 15) is 14.4 Å². The fourth-order valence-corrected chi connectivity index (χ4v) is 3.44. The molecule has 0 unspecified atom stereocenters. The van der Waals surface area contributed by atoms with Crippen LogP contribution in [0.15, 0.2) is 45.3 Å². The molecule has 1 aliphatic rings. The third kappa shape index (κ3) is 2.05. The van der Waals surface area contributed by atoms with E-state index < -0.39 is 17.5 Å². The second kappa shape index (κ2) is 5.03. The molecule has 0 aliphatic carbocycles. The lowest BCUT2D eigenvalue weighted by Crippen LogP contribution is -2.40. The summed E-state index contributed by atoms with van der Waals surface area (Å²) in [4.78, 5) is 42.8. The predicted octanol–water partition coefficient (Wildman–Crippen LogP) is 1.32. The molecule has 0 aromatic carbocycles. The number of carbonyl (C=O) groups is 2. The molecule has 0 saturated carbocycles. The second-order valence-corrected chi connectivity index (χ2v) is 6.44. The van der Waals surface area contributed by atoms with Crippen LogP contribution >= 0.6 is 11.3 Å². The largest absolute Gasteiger partial charge is 0.466 e. The first-order valence-corrected chi connectivity index (χ1v) is 8.01. The fourth-order valence-electron chi connectivity index (χ4n) is 2.70. The number of hydrogen-bond acceptors (Lipinski definition) is 6. The van der Waals surface area contributed by atoms with Crippen molar-refractivity contribution in [1.29, 1.82) is 0 Å². The highest BCUT2D eigenvalue weighted by Gasteiger charge is 2.51. The van der Waals surface area contributed by atoms with Gasteiger partial charge in [-0.3, -0.25) is 18.9 Å². The topological polar surface area (TPSA) is 96.9 Å². The first-order chi connectivity index (χ1) is 11.5. The summed E-state index contributed by atoms with van der Waals surface area (Å²) in [5.74, 6) is -0.0966. The highest BCUT2D eigenvalue weighted by atomic mass is 32.1. The van der Waals surface area contributed by atoms with E-state index in [-0.39, 0.29) is 12.1 Å². The van der Waals surface area contributed by atoms with Crippen LogP contribution in [0.5, 0.6) is 0 Å². The van der Waals surface area contributed by atoms with E-state index in [2.05, 4.69) is 10.3 Å². The molecule has 9 heteroatoms. The highest BCUT2D eigenvalue weighted by Crippen LogP contribution is 2.29. The molecular formula is C15H12N4O4S. The van der Waals surface area contributed by atoms with Crippen molar-refractivity contribution in [2.45, 2.75) is 19.0 Å². The van der Waals surface area contributed by atoms with Gasteiger partial charge in [-0.25, -0.2) is 9.78 Å². The number of rotatable bonds is 3. The van der Waals surface area contributed by atoms with E-state index in [1.165, 1.54) is 28.1 Å². The minimum atomic E-state index is -1.26. The molecule has 3 aromatic rings. The molecule has 1 aliphatic heterocycles. The number of nitrogens with one attached hydrogen (secondary N) is 1. The molecule has 0 bridgehead atoms. The number of nitrogens with zero attached hydrogens (tertiary/aromatic N) is 3. The van der Waals surface area contributed by atoms with Gasteiger partial charge in [0, 0.05) is 17.6 Å².